The number of halogens is 3. The second kappa shape index (κ2) is 10.6. The van der Waals surface area contributed by atoms with Crippen LogP contribution in [0.4, 0.5) is 24.3 Å². The molecule has 2 heterocycles. The molecule has 35 heavy (non-hydrogen) atoms. The van der Waals surface area contributed by atoms with Gasteiger partial charge in [-0.25, -0.2) is 9.97 Å². The van der Waals surface area contributed by atoms with Crippen molar-refractivity contribution in [3.63, 3.8) is 0 Å². The number of carbonyl (C=O) groups is 1. The fraction of sp³-hybridized carbons (Fsp3) is 0.348. The number of nitrogens with zero attached hydrogens (tertiary/aromatic N) is 3. The van der Waals surface area contributed by atoms with Crippen molar-refractivity contribution >= 4 is 49.4 Å². The second-order valence-corrected chi connectivity index (χ2v) is 8.68. The number of rotatable bonds is 11. The van der Waals surface area contributed by atoms with Gasteiger partial charge in [-0.3, -0.25) is 4.79 Å². The zero-order valence-electron chi connectivity index (χ0n) is 19.0. The predicted octanol–water partition coefficient (Wildman–Crippen LogP) is 5.45. The van der Waals surface area contributed by atoms with Crippen LogP contribution in [0.25, 0.3) is 21.3 Å². The highest BCUT2D eigenvalue weighted by atomic mass is 32.1. The number of Topliss-reactive ketones (excluding diaryl/α,β-unsaturated/α-hetero) is 1. The lowest BCUT2D eigenvalue weighted by Crippen LogP contribution is -2.16. The summed E-state index contributed by atoms with van der Waals surface area (Å²) >= 11 is 1.18. The number of nitrogens with one attached hydrogen (secondary N) is 1. The predicted molar refractivity (Wildman–Crippen MR) is 127 cm³/mol. The van der Waals surface area contributed by atoms with Gasteiger partial charge < -0.3 is 24.1 Å². The van der Waals surface area contributed by atoms with Gasteiger partial charge in [0.25, 0.3) is 0 Å². The number of fused-ring (bicyclic) bond motifs is 2. The summed E-state index contributed by atoms with van der Waals surface area (Å²) in [5.41, 5.74) is 2.55. The molecule has 2 aromatic carbocycles. The zero-order valence-corrected chi connectivity index (χ0v) is 19.8. The number of thiazole rings is 1. The van der Waals surface area contributed by atoms with Gasteiger partial charge in [-0.05, 0) is 36.8 Å². The van der Waals surface area contributed by atoms with E-state index in [2.05, 4.69) is 20.0 Å². The highest BCUT2D eigenvalue weighted by molar-refractivity contribution is 7.22. The van der Waals surface area contributed by atoms with Crippen LogP contribution in [0, 0.1) is 0 Å². The molecule has 0 aliphatic carbocycles. The smallest absolute Gasteiger partial charge is 0.406 e. The first kappa shape index (κ1) is 24.9. The Hall–Kier alpha value is -3.22. The number of ketones is 1. The van der Waals surface area contributed by atoms with Gasteiger partial charge in [0.05, 0.1) is 34.5 Å². The Kier molecular flexibility index (Phi) is 7.53. The van der Waals surface area contributed by atoms with Crippen LogP contribution in [-0.4, -0.2) is 53.6 Å². The number of methoxy groups -OCH3 is 1. The molecule has 0 aliphatic heterocycles. The SMILES string of the molecule is COCCOCCCC(=O)c1ccc2c(c1)nc(Nc1nc3ccc(OC(F)(F)F)cc3s1)n2C. The lowest BCUT2D eigenvalue weighted by molar-refractivity contribution is -0.274. The van der Waals surface area contributed by atoms with Crippen LogP contribution >= 0.6 is 11.3 Å². The first-order valence-electron chi connectivity index (χ1n) is 10.7. The molecule has 4 aromatic rings. The molecule has 0 unspecified atom stereocenters. The molecule has 12 heteroatoms. The van der Waals surface area contributed by atoms with Crippen molar-refractivity contribution in [2.45, 2.75) is 19.2 Å². The van der Waals surface area contributed by atoms with E-state index in [1.54, 1.807) is 19.2 Å². The minimum absolute atomic E-state index is 0.00505. The lowest BCUT2D eigenvalue weighted by Gasteiger charge is -2.07. The van der Waals surface area contributed by atoms with Gasteiger partial charge in [0.15, 0.2) is 10.9 Å². The number of anilines is 2. The Morgan fingerprint density at radius 3 is 2.69 bits per heavy atom. The number of alkyl halides is 3. The van der Waals surface area contributed by atoms with Crippen LogP contribution in [0.2, 0.25) is 0 Å². The van der Waals surface area contributed by atoms with Crippen molar-refractivity contribution in [3.8, 4) is 5.75 Å². The fourth-order valence-electron chi connectivity index (χ4n) is 3.46. The molecule has 8 nitrogen and oxygen atoms in total. The lowest BCUT2D eigenvalue weighted by atomic mass is 10.1. The monoisotopic (exact) mass is 508 g/mol. The van der Waals surface area contributed by atoms with E-state index in [-0.39, 0.29) is 11.5 Å². The van der Waals surface area contributed by atoms with Crippen molar-refractivity contribution in [2.75, 3.05) is 32.2 Å². The van der Waals surface area contributed by atoms with Crippen molar-refractivity contribution in [1.29, 1.82) is 0 Å². The minimum atomic E-state index is -4.76. The molecular formula is C23H23F3N4O4S. The minimum Gasteiger partial charge on any atom is -0.406 e. The third-order valence-electron chi connectivity index (χ3n) is 5.14. The number of imidazole rings is 1. The number of carbonyl (C=O) groups excluding carboxylic acids is 1. The third-order valence-corrected chi connectivity index (χ3v) is 6.07. The molecule has 0 amide bonds. The standard InChI is InChI=1S/C23H23F3N4O4S/c1-30-18-8-5-14(19(31)4-3-9-33-11-10-32-2)12-17(18)27-21(30)29-22-28-16-7-6-15(13-20(16)35-22)34-23(24,25)26/h5-8,12-13H,3-4,9-11H2,1-2H3,(H,27,28,29). The third kappa shape index (κ3) is 6.27. The van der Waals surface area contributed by atoms with Crippen molar-refractivity contribution in [2.24, 2.45) is 7.05 Å². The molecule has 0 saturated heterocycles. The first-order chi connectivity index (χ1) is 16.7. The van der Waals surface area contributed by atoms with Crippen LogP contribution in [0.5, 0.6) is 5.75 Å². The van der Waals surface area contributed by atoms with Crippen molar-refractivity contribution in [1.82, 2.24) is 14.5 Å². The number of hydrogen-bond acceptors (Lipinski definition) is 8. The largest absolute Gasteiger partial charge is 0.573 e. The molecule has 0 saturated carbocycles. The maximum Gasteiger partial charge on any atom is 0.573 e. The van der Waals surface area contributed by atoms with E-state index >= 15 is 0 Å². The van der Waals surface area contributed by atoms with Gasteiger partial charge in [0.1, 0.15) is 5.75 Å². The Labute approximate surface area is 202 Å². The summed E-state index contributed by atoms with van der Waals surface area (Å²) < 4.78 is 54.1. The van der Waals surface area contributed by atoms with E-state index in [9.17, 15) is 18.0 Å². The average molecular weight is 509 g/mol. The Morgan fingerprint density at radius 2 is 1.91 bits per heavy atom. The molecule has 186 valence electrons. The van der Waals surface area contributed by atoms with Crippen LogP contribution in [-0.2, 0) is 16.5 Å². The molecule has 0 radical (unpaired) electrons. The summed E-state index contributed by atoms with van der Waals surface area (Å²) in [5.74, 6) is 0.189. The Bertz CT molecular complexity index is 1340. The van der Waals surface area contributed by atoms with Gasteiger partial charge >= 0.3 is 6.36 Å². The highest BCUT2D eigenvalue weighted by Gasteiger charge is 2.31. The summed E-state index contributed by atoms with van der Waals surface area (Å²) in [4.78, 5) is 21.5. The molecule has 2 aromatic heterocycles. The van der Waals surface area contributed by atoms with Crippen molar-refractivity contribution < 1.29 is 32.2 Å². The summed E-state index contributed by atoms with van der Waals surface area (Å²) in [6, 6.07) is 9.32. The quantitative estimate of drug-likeness (QED) is 0.213. The van der Waals surface area contributed by atoms with E-state index in [4.69, 9.17) is 9.47 Å². The zero-order chi connectivity index (χ0) is 25.0. The summed E-state index contributed by atoms with van der Waals surface area (Å²) in [6.45, 7) is 1.50. The number of ether oxygens (including phenoxy) is 3. The number of hydrogen-bond donors (Lipinski definition) is 1. The molecule has 0 atom stereocenters. The fourth-order valence-corrected chi connectivity index (χ4v) is 4.35. The maximum atomic E-state index is 12.6. The maximum absolute atomic E-state index is 12.6. The second-order valence-electron chi connectivity index (χ2n) is 7.65. The molecule has 0 spiro atoms. The van der Waals surface area contributed by atoms with E-state index in [0.29, 0.717) is 65.0 Å². The highest BCUT2D eigenvalue weighted by Crippen LogP contribution is 2.33. The van der Waals surface area contributed by atoms with E-state index in [0.717, 1.165) is 5.52 Å². The summed E-state index contributed by atoms with van der Waals surface area (Å²) in [7, 11) is 3.42. The van der Waals surface area contributed by atoms with E-state index < -0.39 is 6.36 Å². The molecule has 4 rings (SSSR count). The normalized spacial score (nSPS) is 11.9. The Balaban J connectivity index is 1.45. The number of aryl methyl sites for hydroxylation is 1. The Morgan fingerprint density at radius 1 is 1.09 bits per heavy atom. The van der Waals surface area contributed by atoms with Crippen LogP contribution in [0.1, 0.15) is 23.2 Å². The average Bonchev–Trinajstić information content (AvgIpc) is 3.34. The number of benzene rings is 2. The van der Waals surface area contributed by atoms with Crippen LogP contribution < -0.4 is 10.1 Å². The molecular weight excluding hydrogens is 485 g/mol. The first-order valence-corrected chi connectivity index (χ1v) is 11.5. The van der Waals surface area contributed by atoms with Gasteiger partial charge in [0, 0.05) is 38.8 Å². The van der Waals surface area contributed by atoms with Gasteiger partial charge in [-0.15, -0.1) is 13.2 Å². The summed E-state index contributed by atoms with van der Waals surface area (Å²) in [6.07, 6.45) is -3.78. The van der Waals surface area contributed by atoms with Gasteiger partial charge in [-0.2, -0.15) is 0 Å². The van der Waals surface area contributed by atoms with E-state index in [1.807, 2.05) is 17.7 Å². The van der Waals surface area contributed by atoms with Crippen LogP contribution in [0.3, 0.4) is 0 Å². The number of aromatic nitrogens is 3. The van der Waals surface area contributed by atoms with Crippen LogP contribution in [0.15, 0.2) is 36.4 Å². The molecule has 1 N–H and O–H groups in total. The molecule has 0 aliphatic rings. The topological polar surface area (TPSA) is 87.5 Å². The summed E-state index contributed by atoms with van der Waals surface area (Å²) in [5, 5.41) is 3.58. The van der Waals surface area contributed by atoms with Gasteiger partial charge in [0.2, 0.25) is 5.95 Å². The molecule has 0 bridgehead atoms. The van der Waals surface area contributed by atoms with Crippen molar-refractivity contribution in [3.05, 3.63) is 42.0 Å². The van der Waals surface area contributed by atoms with E-state index in [1.165, 1.54) is 29.5 Å². The molecule has 0 fully saturated rings. The van der Waals surface area contributed by atoms with Gasteiger partial charge in [-0.1, -0.05) is 11.3 Å².